The van der Waals surface area contributed by atoms with Crippen LogP contribution in [-0.4, -0.2) is 38.4 Å². The molecule has 0 atom stereocenters. The van der Waals surface area contributed by atoms with Crippen molar-refractivity contribution in [1.82, 2.24) is 5.32 Å². The van der Waals surface area contributed by atoms with E-state index in [1.807, 2.05) is 0 Å². The average molecular weight is 300 g/mol. The summed E-state index contributed by atoms with van der Waals surface area (Å²) in [5.74, 6) is -0.521. The van der Waals surface area contributed by atoms with E-state index in [-0.39, 0.29) is 35.7 Å². The molecule has 0 radical (unpaired) electrons. The van der Waals surface area contributed by atoms with E-state index >= 15 is 0 Å². The number of hydrogen-bond acceptors (Lipinski definition) is 4. The third-order valence-corrected chi connectivity index (χ3v) is 4.97. The van der Waals surface area contributed by atoms with E-state index in [0.29, 0.717) is 12.8 Å². The van der Waals surface area contributed by atoms with Gasteiger partial charge >= 0.3 is 0 Å². The Bertz CT molecular complexity index is 575. The third kappa shape index (κ3) is 4.28. The number of carbonyl (C=O) groups is 1. The first-order valence-corrected chi connectivity index (χ1v) is 8.26. The summed E-state index contributed by atoms with van der Waals surface area (Å²) in [5, 5.41) is 5.47. The molecule has 110 valence electrons. The molecule has 1 amide bonds. The molecule has 0 bridgehead atoms. The maximum Gasteiger partial charge on any atom is 0.238 e. The van der Waals surface area contributed by atoms with Crippen molar-refractivity contribution in [1.29, 1.82) is 0 Å². The minimum atomic E-state index is -2.90. The molecule has 1 aliphatic rings. The van der Waals surface area contributed by atoms with Gasteiger partial charge in [0, 0.05) is 6.04 Å². The number of anilines is 1. The predicted molar refractivity (Wildman–Crippen MR) is 74.7 cm³/mol. The minimum absolute atomic E-state index is 0.0184. The van der Waals surface area contributed by atoms with Gasteiger partial charge in [0.2, 0.25) is 5.91 Å². The number of halogens is 1. The van der Waals surface area contributed by atoms with Gasteiger partial charge in [0.25, 0.3) is 0 Å². The van der Waals surface area contributed by atoms with E-state index in [2.05, 4.69) is 10.6 Å². The lowest BCUT2D eigenvalue weighted by molar-refractivity contribution is -0.115. The zero-order valence-corrected chi connectivity index (χ0v) is 11.7. The second-order valence-corrected chi connectivity index (χ2v) is 7.14. The van der Waals surface area contributed by atoms with Crippen LogP contribution in [0.4, 0.5) is 10.1 Å². The molecule has 0 spiro atoms. The normalized spacial score (nSPS) is 18.6. The maximum atomic E-state index is 13.3. The van der Waals surface area contributed by atoms with Gasteiger partial charge in [-0.15, -0.1) is 0 Å². The third-order valence-electron chi connectivity index (χ3n) is 3.25. The summed E-state index contributed by atoms with van der Waals surface area (Å²) < 4.78 is 35.9. The highest BCUT2D eigenvalue weighted by Crippen LogP contribution is 2.13. The Hall–Kier alpha value is -1.47. The molecule has 2 rings (SSSR count). The van der Waals surface area contributed by atoms with Crippen LogP contribution in [0.1, 0.15) is 12.8 Å². The summed E-state index contributed by atoms with van der Waals surface area (Å²) in [6.07, 6.45) is 1.02. The Morgan fingerprint density at radius 3 is 2.55 bits per heavy atom. The smallest absolute Gasteiger partial charge is 0.238 e. The van der Waals surface area contributed by atoms with E-state index in [1.54, 1.807) is 12.1 Å². The summed E-state index contributed by atoms with van der Waals surface area (Å²) in [6, 6.07) is 5.96. The lowest BCUT2D eigenvalue weighted by Crippen LogP contribution is -2.41. The molecule has 0 aromatic heterocycles. The lowest BCUT2D eigenvalue weighted by Gasteiger charge is -2.22. The monoisotopic (exact) mass is 300 g/mol. The number of carbonyl (C=O) groups excluding carboxylic acids is 1. The highest BCUT2D eigenvalue weighted by molar-refractivity contribution is 7.91. The topological polar surface area (TPSA) is 75.3 Å². The van der Waals surface area contributed by atoms with Gasteiger partial charge in [-0.2, -0.15) is 0 Å². The number of hydrogen-bond donors (Lipinski definition) is 2. The number of sulfone groups is 1. The molecule has 1 saturated heterocycles. The Labute approximate surface area is 117 Å². The van der Waals surface area contributed by atoms with E-state index in [0.717, 1.165) is 0 Å². The van der Waals surface area contributed by atoms with Gasteiger partial charge in [-0.05, 0) is 25.0 Å². The molecule has 0 saturated carbocycles. The first kappa shape index (κ1) is 14.9. The standard InChI is InChI=1S/C13H17FN2O3S/c14-11-3-1-2-4-12(11)16-13(17)9-15-10-5-7-20(18,19)8-6-10/h1-4,10,15H,5-9H2,(H,16,17). The van der Waals surface area contributed by atoms with Crippen LogP contribution in [0.25, 0.3) is 0 Å². The van der Waals surface area contributed by atoms with Crippen molar-refractivity contribution in [3.63, 3.8) is 0 Å². The molecule has 1 aromatic carbocycles. The first-order valence-electron chi connectivity index (χ1n) is 6.44. The molecule has 0 unspecified atom stereocenters. The summed E-state index contributed by atoms with van der Waals surface area (Å²) in [4.78, 5) is 11.7. The van der Waals surface area contributed by atoms with Gasteiger partial charge in [-0.3, -0.25) is 4.79 Å². The van der Waals surface area contributed by atoms with Crippen LogP contribution >= 0.6 is 0 Å². The van der Waals surface area contributed by atoms with Crippen LogP contribution in [0.2, 0.25) is 0 Å². The van der Waals surface area contributed by atoms with Gasteiger partial charge in [0.1, 0.15) is 15.7 Å². The molecule has 1 heterocycles. The lowest BCUT2D eigenvalue weighted by atomic mass is 10.1. The molecule has 1 aliphatic heterocycles. The maximum absolute atomic E-state index is 13.3. The van der Waals surface area contributed by atoms with Gasteiger partial charge < -0.3 is 10.6 Å². The second kappa shape index (κ2) is 6.32. The van der Waals surface area contributed by atoms with E-state index < -0.39 is 15.7 Å². The van der Waals surface area contributed by atoms with Crippen molar-refractivity contribution in [2.75, 3.05) is 23.4 Å². The highest BCUT2D eigenvalue weighted by Gasteiger charge is 2.23. The van der Waals surface area contributed by atoms with Gasteiger partial charge in [0.15, 0.2) is 0 Å². The molecular formula is C13H17FN2O3S. The molecule has 7 heteroatoms. The van der Waals surface area contributed by atoms with Crippen LogP contribution in [0, 0.1) is 5.82 Å². The average Bonchev–Trinajstić information content (AvgIpc) is 2.40. The predicted octanol–water partition coefficient (Wildman–Crippen LogP) is 0.931. The number of nitrogens with one attached hydrogen (secondary N) is 2. The Morgan fingerprint density at radius 2 is 1.90 bits per heavy atom. The summed E-state index contributed by atoms with van der Waals surface area (Å²) in [6.45, 7) is 0.0407. The molecule has 1 fully saturated rings. The largest absolute Gasteiger partial charge is 0.322 e. The highest BCUT2D eigenvalue weighted by atomic mass is 32.2. The first-order chi connectivity index (χ1) is 9.46. The van der Waals surface area contributed by atoms with Crippen LogP contribution in [0.5, 0.6) is 0 Å². The molecule has 1 aromatic rings. The quantitative estimate of drug-likeness (QED) is 0.867. The van der Waals surface area contributed by atoms with Crippen molar-refractivity contribution in [2.45, 2.75) is 18.9 Å². The summed E-state index contributed by atoms with van der Waals surface area (Å²) in [7, 11) is -2.90. The van der Waals surface area contributed by atoms with Crippen LogP contribution < -0.4 is 10.6 Å². The van der Waals surface area contributed by atoms with Gasteiger partial charge in [-0.25, -0.2) is 12.8 Å². The number of rotatable bonds is 4. The molecule has 2 N–H and O–H groups in total. The fourth-order valence-electron chi connectivity index (χ4n) is 2.09. The van der Waals surface area contributed by atoms with Crippen LogP contribution in [0.15, 0.2) is 24.3 Å². The molecule has 5 nitrogen and oxygen atoms in total. The minimum Gasteiger partial charge on any atom is -0.322 e. The van der Waals surface area contributed by atoms with E-state index in [4.69, 9.17) is 0 Å². The van der Waals surface area contributed by atoms with Crippen LogP contribution in [-0.2, 0) is 14.6 Å². The number of benzene rings is 1. The molecule has 0 aliphatic carbocycles. The van der Waals surface area contributed by atoms with Crippen molar-refractivity contribution in [3.8, 4) is 0 Å². The SMILES string of the molecule is O=C(CNC1CCS(=O)(=O)CC1)Nc1ccccc1F. The Morgan fingerprint density at radius 1 is 1.25 bits per heavy atom. The van der Waals surface area contributed by atoms with Gasteiger partial charge in [-0.1, -0.05) is 12.1 Å². The molecular weight excluding hydrogens is 283 g/mol. The zero-order valence-electron chi connectivity index (χ0n) is 10.9. The van der Waals surface area contributed by atoms with Crippen molar-refractivity contribution >= 4 is 21.4 Å². The van der Waals surface area contributed by atoms with Gasteiger partial charge in [0.05, 0.1) is 23.7 Å². The van der Waals surface area contributed by atoms with Crippen molar-refractivity contribution < 1.29 is 17.6 Å². The number of amides is 1. The van der Waals surface area contributed by atoms with E-state index in [9.17, 15) is 17.6 Å². The summed E-state index contributed by atoms with van der Waals surface area (Å²) in [5.41, 5.74) is 0.144. The summed E-state index contributed by atoms with van der Waals surface area (Å²) >= 11 is 0. The number of para-hydroxylation sites is 1. The van der Waals surface area contributed by atoms with Crippen molar-refractivity contribution in [3.05, 3.63) is 30.1 Å². The zero-order chi connectivity index (χ0) is 14.6. The van der Waals surface area contributed by atoms with E-state index in [1.165, 1.54) is 12.1 Å². The fraction of sp³-hybridized carbons (Fsp3) is 0.462. The fourth-order valence-corrected chi connectivity index (χ4v) is 3.58. The molecule has 20 heavy (non-hydrogen) atoms. The Kier molecular flexibility index (Phi) is 4.72. The second-order valence-electron chi connectivity index (χ2n) is 4.84. The Balaban J connectivity index is 1.77. The van der Waals surface area contributed by atoms with Crippen LogP contribution in [0.3, 0.4) is 0 Å². The van der Waals surface area contributed by atoms with Crippen molar-refractivity contribution in [2.24, 2.45) is 0 Å².